The quantitative estimate of drug-likeness (QED) is 0.674. The number of esters is 1. The Bertz CT molecular complexity index is 575. The van der Waals surface area contributed by atoms with Crippen LogP contribution in [0.25, 0.3) is 0 Å². The molecule has 0 N–H and O–H groups in total. The zero-order chi connectivity index (χ0) is 18.4. The zero-order valence-corrected chi connectivity index (χ0v) is 16.4. The Morgan fingerprint density at radius 3 is 2.44 bits per heavy atom. The van der Waals surface area contributed by atoms with E-state index in [1.807, 2.05) is 6.92 Å². The average molecular weight is 351 g/mol. The van der Waals surface area contributed by atoms with Gasteiger partial charge in [-0.15, -0.1) is 0 Å². The van der Waals surface area contributed by atoms with Crippen molar-refractivity contribution in [3.05, 3.63) is 17.0 Å². The fraction of sp³-hybridized carbons (Fsp3) is 0.789. The van der Waals surface area contributed by atoms with Gasteiger partial charge >= 0.3 is 5.97 Å². The van der Waals surface area contributed by atoms with Gasteiger partial charge < -0.3 is 9.47 Å². The van der Waals surface area contributed by atoms with Crippen molar-refractivity contribution in [3.8, 4) is 0 Å². The van der Waals surface area contributed by atoms with Crippen molar-refractivity contribution in [1.82, 2.24) is 14.7 Å². The van der Waals surface area contributed by atoms with Crippen molar-refractivity contribution in [2.45, 2.75) is 60.0 Å². The molecule has 1 aliphatic heterocycles. The van der Waals surface area contributed by atoms with E-state index in [-0.39, 0.29) is 11.4 Å². The summed E-state index contributed by atoms with van der Waals surface area (Å²) in [6, 6.07) is 0. The summed E-state index contributed by atoms with van der Waals surface area (Å²) in [5.74, 6) is -0.0575. The van der Waals surface area contributed by atoms with Crippen molar-refractivity contribution < 1.29 is 14.3 Å². The van der Waals surface area contributed by atoms with E-state index in [9.17, 15) is 4.79 Å². The molecule has 25 heavy (non-hydrogen) atoms. The molecule has 0 saturated carbocycles. The predicted octanol–water partition coefficient (Wildman–Crippen LogP) is 2.70. The van der Waals surface area contributed by atoms with E-state index >= 15 is 0 Å². The van der Waals surface area contributed by atoms with Crippen LogP contribution >= 0.6 is 0 Å². The molecule has 142 valence electrons. The molecular formula is C19H33N3O3. The van der Waals surface area contributed by atoms with Gasteiger partial charge in [0.05, 0.1) is 17.7 Å². The molecule has 2 rings (SSSR count). The number of aryl methyl sites for hydroxylation is 2. The van der Waals surface area contributed by atoms with Gasteiger partial charge in [-0.25, -0.2) is 0 Å². The van der Waals surface area contributed by atoms with Crippen LogP contribution in [0.15, 0.2) is 0 Å². The van der Waals surface area contributed by atoms with E-state index in [1.165, 1.54) is 11.3 Å². The van der Waals surface area contributed by atoms with Crippen molar-refractivity contribution >= 4 is 5.97 Å². The number of piperidine rings is 1. The Balaban J connectivity index is 2.03. The van der Waals surface area contributed by atoms with Gasteiger partial charge in [0.2, 0.25) is 0 Å². The maximum absolute atomic E-state index is 12.5. The van der Waals surface area contributed by atoms with E-state index in [1.54, 1.807) is 7.11 Å². The molecule has 6 nitrogen and oxygen atoms in total. The van der Waals surface area contributed by atoms with Crippen LogP contribution in [0.5, 0.6) is 0 Å². The maximum atomic E-state index is 12.5. The van der Waals surface area contributed by atoms with Gasteiger partial charge in [0.25, 0.3) is 0 Å². The lowest BCUT2D eigenvalue weighted by Crippen LogP contribution is -2.45. The smallest absolute Gasteiger partial charge is 0.312 e. The van der Waals surface area contributed by atoms with E-state index in [2.05, 4.69) is 35.5 Å². The minimum atomic E-state index is -0.389. The largest absolute Gasteiger partial charge is 0.466 e. The molecule has 1 aromatic heterocycles. The number of ether oxygens (including phenoxy) is 2. The topological polar surface area (TPSA) is 56.6 Å². The van der Waals surface area contributed by atoms with Crippen molar-refractivity contribution in [3.63, 3.8) is 0 Å². The number of likely N-dealkylation sites (tertiary alicyclic amines) is 1. The van der Waals surface area contributed by atoms with Crippen LogP contribution in [0, 0.1) is 19.3 Å². The number of nitrogens with zero attached hydrogens (tertiary/aromatic N) is 3. The molecule has 0 atom stereocenters. The number of hydrogen-bond acceptors (Lipinski definition) is 5. The fourth-order valence-corrected chi connectivity index (χ4v) is 3.77. The first kappa shape index (κ1) is 19.9. The number of rotatable bonds is 8. The molecule has 0 aromatic carbocycles. The second-order valence-corrected chi connectivity index (χ2v) is 6.98. The van der Waals surface area contributed by atoms with Crippen LogP contribution in [0.4, 0.5) is 0 Å². The van der Waals surface area contributed by atoms with E-state index < -0.39 is 0 Å². The molecule has 0 radical (unpaired) electrons. The zero-order valence-electron chi connectivity index (χ0n) is 16.4. The minimum absolute atomic E-state index is 0.0575. The molecule has 0 bridgehead atoms. The minimum Gasteiger partial charge on any atom is -0.466 e. The second-order valence-electron chi connectivity index (χ2n) is 6.98. The first-order chi connectivity index (χ1) is 12.0. The van der Waals surface area contributed by atoms with Gasteiger partial charge in [0, 0.05) is 38.1 Å². The number of carbonyl (C=O) groups excluding carboxylic acids is 1. The summed E-state index contributed by atoms with van der Waals surface area (Å²) in [4.78, 5) is 15.0. The highest BCUT2D eigenvalue weighted by atomic mass is 16.5. The van der Waals surface area contributed by atoms with E-state index in [4.69, 9.17) is 9.47 Å². The normalized spacial score (nSPS) is 17.6. The molecule has 0 unspecified atom stereocenters. The van der Waals surface area contributed by atoms with E-state index in [0.29, 0.717) is 13.2 Å². The first-order valence-electron chi connectivity index (χ1n) is 9.38. The Morgan fingerprint density at radius 1 is 1.24 bits per heavy atom. The molecule has 6 heteroatoms. The Kier molecular flexibility index (Phi) is 7.02. The van der Waals surface area contributed by atoms with Gasteiger partial charge in [-0.1, -0.05) is 0 Å². The standard InChI is InChI=1S/C19H33N3O3/c1-6-22-16(4)17(15(3)20-22)14-21-11-8-19(9-12-21,10-13-24-5)18(23)25-7-2/h6-14H2,1-5H3. The molecule has 1 fully saturated rings. The lowest BCUT2D eigenvalue weighted by molar-refractivity contribution is -0.160. The summed E-state index contributed by atoms with van der Waals surface area (Å²) in [7, 11) is 1.69. The Hall–Kier alpha value is -1.40. The van der Waals surface area contributed by atoms with E-state index in [0.717, 1.165) is 51.1 Å². The maximum Gasteiger partial charge on any atom is 0.312 e. The second kappa shape index (κ2) is 8.81. The Morgan fingerprint density at radius 2 is 1.92 bits per heavy atom. The van der Waals surface area contributed by atoms with Gasteiger partial charge in [0.1, 0.15) is 0 Å². The summed E-state index contributed by atoms with van der Waals surface area (Å²) in [5.41, 5.74) is 3.30. The molecular weight excluding hydrogens is 318 g/mol. The number of hydrogen-bond donors (Lipinski definition) is 0. The molecule has 0 aliphatic carbocycles. The monoisotopic (exact) mass is 351 g/mol. The van der Waals surface area contributed by atoms with Crippen LogP contribution in [0.2, 0.25) is 0 Å². The molecule has 1 saturated heterocycles. The molecule has 1 aromatic rings. The number of carbonyl (C=O) groups is 1. The van der Waals surface area contributed by atoms with Crippen LogP contribution in [0.1, 0.15) is 50.1 Å². The average Bonchev–Trinajstić information content (AvgIpc) is 2.89. The predicted molar refractivity (Wildman–Crippen MR) is 97.4 cm³/mol. The van der Waals surface area contributed by atoms with Gasteiger partial charge in [-0.05, 0) is 60.0 Å². The Labute approximate surface area is 151 Å². The van der Waals surface area contributed by atoms with Crippen LogP contribution in [-0.4, -0.2) is 54.1 Å². The third kappa shape index (κ3) is 4.42. The van der Waals surface area contributed by atoms with Crippen LogP contribution in [0.3, 0.4) is 0 Å². The van der Waals surface area contributed by atoms with Crippen molar-refractivity contribution in [2.75, 3.05) is 33.4 Å². The van der Waals surface area contributed by atoms with Gasteiger partial charge in [-0.3, -0.25) is 14.4 Å². The number of aromatic nitrogens is 2. The summed E-state index contributed by atoms with van der Waals surface area (Å²) >= 11 is 0. The van der Waals surface area contributed by atoms with Crippen molar-refractivity contribution in [2.24, 2.45) is 5.41 Å². The summed E-state index contributed by atoms with van der Waals surface area (Å²) in [6.45, 7) is 12.9. The van der Waals surface area contributed by atoms with Crippen molar-refractivity contribution in [1.29, 1.82) is 0 Å². The highest BCUT2D eigenvalue weighted by molar-refractivity contribution is 5.77. The third-order valence-electron chi connectivity index (χ3n) is 5.52. The first-order valence-corrected chi connectivity index (χ1v) is 9.38. The van der Waals surface area contributed by atoms with Gasteiger partial charge in [0.15, 0.2) is 0 Å². The third-order valence-corrected chi connectivity index (χ3v) is 5.52. The molecule has 0 amide bonds. The lowest BCUT2D eigenvalue weighted by atomic mass is 9.75. The highest BCUT2D eigenvalue weighted by Gasteiger charge is 2.42. The number of methoxy groups -OCH3 is 1. The molecule has 2 heterocycles. The molecule has 1 aliphatic rings. The summed E-state index contributed by atoms with van der Waals surface area (Å²) < 4.78 is 12.7. The highest BCUT2D eigenvalue weighted by Crippen LogP contribution is 2.37. The fourth-order valence-electron chi connectivity index (χ4n) is 3.77. The van der Waals surface area contributed by atoms with Gasteiger partial charge in [-0.2, -0.15) is 5.10 Å². The lowest BCUT2D eigenvalue weighted by Gasteiger charge is -2.40. The summed E-state index contributed by atoms with van der Waals surface area (Å²) in [6.07, 6.45) is 2.40. The molecule has 0 spiro atoms. The summed E-state index contributed by atoms with van der Waals surface area (Å²) in [5, 5.41) is 4.62. The van der Waals surface area contributed by atoms with Crippen LogP contribution < -0.4 is 0 Å². The SMILES string of the molecule is CCOC(=O)C1(CCOC)CCN(Cc2c(C)nn(CC)c2C)CC1. The van der Waals surface area contributed by atoms with Crippen LogP contribution in [-0.2, 0) is 27.4 Å².